The van der Waals surface area contributed by atoms with Crippen LogP contribution in [0.1, 0.15) is 18.4 Å². The fraction of sp³-hybridized carbons (Fsp3) is 0.250. The highest BCUT2D eigenvalue weighted by molar-refractivity contribution is 6.43. The van der Waals surface area contributed by atoms with Gasteiger partial charge in [-0.25, -0.2) is 9.82 Å². The molecule has 1 heterocycles. The van der Waals surface area contributed by atoms with Gasteiger partial charge in [0.2, 0.25) is 5.91 Å². The Morgan fingerprint density at radius 2 is 2.22 bits per heavy atom. The number of hydrogen-bond acceptors (Lipinski definition) is 3. The molecule has 1 aromatic carbocycles. The smallest absolute Gasteiger partial charge is 0.271 e. The molecule has 0 atom stereocenters. The summed E-state index contributed by atoms with van der Waals surface area (Å²) in [6.45, 7) is 1.61. The van der Waals surface area contributed by atoms with Gasteiger partial charge in [-0.15, -0.1) is 0 Å². The van der Waals surface area contributed by atoms with E-state index in [1.54, 1.807) is 19.1 Å². The molecule has 0 spiro atoms. The van der Waals surface area contributed by atoms with E-state index in [1.807, 2.05) is 0 Å². The van der Waals surface area contributed by atoms with Crippen LogP contribution in [0, 0.1) is 12.7 Å². The van der Waals surface area contributed by atoms with Gasteiger partial charge in [0.1, 0.15) is 11.5 Å². The van der Waals surface area contributed by atoms with Gasteiger partial charge in [-0.2, -0.15) is 5.10 Å². The Kier molecular flexibility index (Phi) is 3.36. The molecule has 5 nitrogen and oxygen atoms in total. The molecule has 1 aromatic rings. The third-order valence-corrected chi connectivity index (χ3v) is 2.61. The Bertz CT molecular complexity index is 540. The largest absolute Gasteiger partial charge is 0.318 e. The predicted octanol–water partition coefficient (Wildman–Crippen LogP) is 1.34. The van der Waals surface area contributed by atoms with E-state index < -0.39 is 11.7 Å². The molecule has 0 saturated carbocycles. The summed E-state index contributed by atoms with van der Waals surface area (Å²) in [5.74, 6) is -1.20. The minimum atomic E-state index is -0.500. The molecule has 0 aliphatic carbocycles. The molecule has 0 bridgehead atoms. The van der Waals surface area contributed by atoms with Crippen LogP contribution in [0.5, 0.6) is 0 Å². The molecule has 6 heteroatoms. The van der Waals surface area contributed by atoms with Crippen LogP contribution in [0.25, 0.3) is 0 Å². The minimum absolute atomic E-state index is 0.111. The quantitative estimate of drug-likeness (QED) is 0.830. The van der Waals surface area contributed by atoms with Crippen molar-refractivity contribution >= 4 is 23.2 Å². The van der Waals surface area contributed by atoms with Crippen LogP contribution >= 0.6 is 0 Å². The summed E-state index contributed by atoms with van der Waals surface area (Å²) in [5.41, 5.74) is 2.97. The van der Waals surface area contributed by atoms with Crippen molar-refractivity contribution in [2.24, 2.45) is 5.10 Å². The standard InChI is InChI=1S/C12H12FN3O2/c1-7-3-2-4-8(11(7)13)14-12(18)9-5-6-10(17)16-15-9/h2-4H,5-6H2,1H3,(H,14,18)(H,16,17). The first-order valence-electron chi connectivity index (χ1n) is 5.50. The van der Waals surface area contributed by atoms with E-state index in [-0.39, 0.29) is 30.1 Å². The van der Waals surface area contributed by atoms with Crippen molar-refractivity contribution < 1.29 is 14.0 Å². The molecule has 2 amide bonds. The Hall–Kier alpha value is -2.24. The number of nitrogens with zero attached hydrogens (tertiary/aromatic N) is 1. The van der Waals surface area contributed by atoms with Crippen molar-refractivity contribution in [3.8, 4) is 0 Å². The van der Waals surface area contributed by atoms with Crippen LogP contribution in [-0.2, 0) is 9.59 Å². The van der Waals surface area contributed by atoms with Crippen LogP contribution < -0.4 is 10.7 Å². The van der Waals surface area contributed by atoms with E-state index in [1.165, 1.54) is 6.07 Å². The first-order valence-corrected chi connectivity index (χ1v) is 5.50. The van der Waals surface area contributed by atoms with Crippen LogP contribution in [0.3, 0.4) is 0 Å². The van der Waals surface area contributed by atoms with Gasteiger partial charge in [-0.1, -0.05) is 12.1 Å². The van der Waals surface area contributed by atoms with E-state index >= 15 is 0 Å². The molecule has 2 rings (SSSR count). The molecule has 0 aromatic heterocycles. The van der Waals surface area contributed by atoms with Crippen molar-refractivity contribution in [2.45, 2.75) is 19.8 Å². The van der Waals surface area contributed by atoms with E-state index in [2.05, 4.69) is 15.8 Å². The number of rotatable bonds is 2. The van der Waals surface area contributed by atoms with Crippen molar-refractivity contribution in [2.75, 3.05) is 5.32 Å². The predicted molar refractivity (Wildman–Crippen MR) is 64.6 cm³/mol. The molecule has 94 valence electrons. The third-order valence-electron chi connectivity index (χ3n) is 2.61. The van der Waals surface area contributed by atoms with Gasteiger partial charge in [-0.3, -0.25) is 9.59 Å². The SMILES string of the molecule is Cc1cccc(NC(=O)C2=NNC(=O)CC2)c1F. The summed E-state index contributed by atoms with van der Waals surface area (Å²) in [6.07, 6.45) is 0.466. The highest BCUT2D eigenvalue weighted by Crippen LogP contribution is 2.17. The number of benzene rings is 1. The van der Waals surface area contributed by atoms with E-state index in [9.17, 15) is 14.0 Å². The molecule has 0 unspecified atom stereocenters. The lowest BCUT2D eigenvalue weighted by Gasteiger charge is -2.12. The number of halogens is 1. The fourth-order valence-corrected chi connectivity index (χ4v) is 1.58. The summed E-state index contributed by atoms with van der Waals surface area (Å²) >= 11 is 0. The number of aryl methyl sites for hydroxylation is 1. The number of anilines is 1. The number of hydrazone groups is 1. The molecular formula is C12H12FN3O2. The highest BCUT2D eigenvalue weighted by atomic mass is 19.1. The van der Waals surface area contributed by atoms with Gasteiger partial charge in [0.15, 0.2) is 0 Å². The Morgan fingerprint density at radius 3 is 2.89 bits per heavy atom. The second-order valence-electron chi connectivity index (χ2n) is 3.98. The number of carbonyl (C=O) groups excluding carboxylic acids is 2. The lowest BCUT2D eigenvalue weighted by molar-refractivity contribution is -0.121. The molecule has 18 heavy (non-hydrogen) atoms. The topological polar surface area (TPSA) is 70.6 Å². The zero-order valence-electron chi connectivity index (χ0n) is 9.79. The number of carbonyl (C=O) groups is 2. The van der Waals surface area contributed by atoms with Crippen LogP contribution in [0.2, 0.25) is 0 Å². The first kappa shape index (κ1) is 12.2. The second-order valence-corrected chi connectivity index (χ2v) is 3.98. The van der Waals surface area contributed by atoms with Crippen molar-refractivity contribution in [3.63, 3.8) is 0 Å². The minimum Gasteiger partial charge on any atom is -0.318 e. The summed E-state index contributed by atoms with van der Waals surface area (Å²) < 4.78 is 13.7. The summed E-state index contributed by atoms with van der Waals surface area (Å²) in [6, 6.07) is 4.74. The average Bonchev–Trinajstić information content (AvgIpc) is 2.36. The average molecular weight is 249 g/mol. The van der Waals surface area contributed by atoms with E-state index in [0.717, 1.165) is 0 Å². The van der Waals surface area contributed by atoms with Gasteiger partial charge in [0, 0.05) is 12.8 Å². The molecule has 0 radical (unpaired) electrons. The summed E-state index contributed by atoms with van der Waals surface area (Å²) in [5, 5.41) is 6.08. The number of hydrogen-bond donors (Lipinski definition) is 2. The van der Waals surface area contributed by atoms with Gasteiger partial charge in [0.05, 0.1) is 5.69 Å². The molecule has 2 N–H and O–H groups in total. The Balaban J connectivity index is 2.12. The van der Waals surface area contributed by atoms with E-state index in [4.69, 9.17) is 0 Å². The molecule has 1 aliphatic rings. The van der Waals surface area contributed by atoms with Crippen LogP contribution in [-0.4, -0.2) is 17.5 Å². The van der Waals surface area contributed by atoms with Gasteiger partial charge in [0.25, 0.3) is 5.91 Å². The maximum absolute atomic E-state index is 13.7. The first-order chi connectivity index (χ1) is 8.58. The molecule has 0 saturated heterocycles. The van der Waals surface area contributed by atoms with Crippen molar-refractivity contribution in [3.05, 3.63) is 29.6 Å². The lowest BCUT2D eigenvalue weighted by Crippen LogP contribution is -2.33. The number of nitrogens with one attached hydrogen (secondary N) is 2. The monoisotopic (exact) mass is 249 g/mol. The van der Waals surface area contributed by atoms with Crippen LogP contribution in [0.15, 0.2) is 23.3 Å². The normalized spacial score (nSPS) is 14.8. The van der Waals surface area contributed by atoms with Crippen LogP contribution in [0.4, 0.5) is 10.1 Å². The summed E-state index contributed by atoms with van der Waals surface area (Å²) in [7, 11) is 0. The van der Waals surface area contributed by atoms with Crippen molar-refractivity contribution in [1.82, 2.24) is 5.43 Å². The lowest BCUT2D eigenvalue weighted by atomic mass is 10.1. The number of amides is 2. The molecule has 0 fully saturated rings. The second kappa shape index (κ2) is 4.95. The van der Waals surface area contributed by atoms with E-state index in [0.29, 0.717) is 5.56 Å². The maximum atomic E-state index is 13.7. The maximum Gasteiger partial charge on any atom is 0.271 e. The third kappa shape index (κ3) is 2.53. The molecular weight excluding hydrogens is 237 g/mol. The Morgan fingerprint density at radius 1 is 1.44 bits per heavy atom. The molecule has 1 aliphatic heterocycles. The van der Waals surface area contributed by atoms with Gasteiger partial charge < -0.3 is 5.32 Å². The van der Waals surface area contributed by atoms with Gasteiger partial charge >= 0.3 is 0 Å². The Labute approximate surface area is 103 Å². The van der Waals surface area contributed by atoms with Crippen molar-refractivity contribution in [1.29, 1.82) is 0 Å². The zero-order valence-corrected chi connectivity index (χ0v) is 9.79. The zero-order chi connectivity index (χ0) is 13.1. The van der Waals surface area contributed by atoms with Gasteiger partial charge in [-0.05, 0) is 18.6 Å². The highest BCUT2D eigenvalue weighted by Gasteiger charge is 2.19. The fourth-order valence-electron chi connectivity index (χ4n) is 1.58. The summed E-state index contributed by atoms with van der Waals surface area (Å²) in [4.78, 5) is 22.7.